The lowest BCUT2D eigenvalue weighted by atomic mass is 10.1. The number of morpholine rings is 1. The van der Waals surface area contributed by atoms with Gasteiger partial charge >= 0.3 is 0 Å². The maximum Gasteiger partial charge on any atom is 0.266 e. The van der Waals surface area contributed by atoms with Crippen LogP contribution in [0.3, 0.4) is 0 Å². The number of carbonyl (C=O) groups is 1. The van der Waals surface area contributed by atoms with Crippen molar-refractivity contribution >= 4 is 50.6 Å². The Morgan fingerprint density at radius 2 is 1.87 bits per heavy atom. The molecule has 1 amide bonds. The van der Waals surface area contributed by atoms with Crippen LogP contribution in [-0.2, 0) is 4.74 Å². The molecule has 0 saturated carbocycles. The van der Waals surface area contributed by atoms with Gasteiger partial charge in [-0.2, -0.15) is 0 Å². The third kappa shape index (κ3) is 4.13. The first-order chi connectivity index (χ1) is 14.9. The van der Waals surface area contributed by atoms with Gasteiger partial charge in [-0.1, -0.05) is 11.6 Å². The van der Waals surface area contributed by atoms with Crippen molar-refractivity contribution in [3.05, 3.63) is 33.4 Å². The molecule has 0 spiro atoms. The zero-order valence-electron chi connectivity index (χ0n) is 17.7. The van der Waals surface area contributed by atoms with Crippen molar-refractivity contribution in [2.45, 2.75) is 13.8 Å². The highest BCUT2D eigenvalue weighted by atomic mass is 35.5. The van der Waals surface area contributed by atoms with E-state index >= 15 is 0 Å². The first-order valence-corrected chi connectivity index (χ1v) is 11.0. The first kappa shape index (κ1) is 21.6. The molecule has 1 aliphatic rings. The van der Waals surface area contributed by atoms with Crippen LogP contribution in [0, 0.1) is 13.8 Å². The van der Waals surface area contributed by atoms with Crippen LogP contribution in [0.5, 0.6) is 11.5 Å². The number of nitrogens with zero attached hydrogens (tertiary/aromatic N) is 3. The summed E-state index contributed by atoms with van der Waals surface area (Å²) in [5.74, 6) is 2.19. The number of halogens is 1. The SMILES string of the molecule is COc1cc(OC)c(NC(=O)c2sc3nc(C)nc(N4CCOCC4)c3c2C)cc1Cl. The van der Waals surface area contributed by atoms with E-state index in [4.69, 9.17) is 25.8 Å². The predicted molar refractivity (Wildman–Crippen MR) is 122 cm³/mol. The molecular formula is C21H23ClN4O4S. The summed E-state index contributed by atoms with van der Waals surface area (Å²) in [6, 6.07) is 3.25. The van der Waals surface area contributed by atoms with E-state index in [1.54, 1.807) is 12.1 Å². The highest BCUT2D eigenvalue weighted by Crippen LogP contribution is 2.39. The standard InChI is InChI=1S/C21H23ClN4O4S/c1-11-17-19(26-5-7-30-8-6-26)23-12(2)24-21(17)31-18(11)20(27)25-14-9-13(22)15(28-3)10-16(14)29-4/h9-10H,5-8H2,1-4H3,(H,25,27). The van der Waals surface area contributed by atoms with Crippen LogP contribution in [0.4, 0.5) is 11.5 Å². The van der Waals surface area contributed by atoms with Crippen molar-refractivity contribution in [1.29, 1.82) is 0 Å². The summed E-state index contributed by atoms with van der Waals surface area (Å²) in [6.45, 7) is 6.60. The van der Waals surface area contributed by atoms with Gasteiger partial charge in [0.05, 0.1) is 48.4 Å². The summed E-state index contributed by atoms with van der Waals surface area (Å²) in [5.41, 5.74) is 1.31. The Morgan fingerprint density at radius 1 is 1.16 bits per heavy atom. The van der Waals surface area contributed by atoms with E-state index in [0.717, 1.165) is 34.7 Å². The van der Waals surface area contributed by atoms with Gasteiger partial charge in [0.2, 0.25) is 0 Å². The average molecular weight is 463 g/mol. The molecule has 2 aromatic heterocycles. The summed E-state index contributed by atoms with van der Waals surface area (Å²) < 4.78 is 16.1. The molecule has 0 atom stereocenters. The molecule has 8 nitrogen and oxygen atoms in total. The second-order valence-electron chi connectivity index (χ2n) is 7.07. The fraction of sp³-hybridized carbons (Fsp3) is 0.381. The minimum Gasteiger partial charge on any atom is -0.495 e. The number of hydrogen-bond donors (Lipinski definition) is 1. The summed E-state index contributed by atoms with van der Waals surface area (Å²) in [6.07, 6.45) is 0. The van der Waals surface area contributed by atoms with E-state index in [1.165, 1.54) is 25.6 Å². The predicted octanol–water partition coefficient (Wildman–Crippen LogP) is 4.07. The van der Waals surface area contributed by atoms with Crippen LogP contribution in [0.15, 0.2) is 12.1 Å². The minimum absolute atomic E-state index is 0.259. The number of nitrogens with one attached hydrogen (secondary N) is 1. The zero-order valence-corrected chi connectivity index (χ0v) is 19.3. The summed E-state index contributed by atoms with van der Waals surface area (Å²) in [7, 11) is 3.05. The molecule has 1 fully saturated rings. The van der Waals surface area contributed by atoms with Gasteiger partial charge < -0.3 is 24.4 Å². The van der Waals surface area contributed by atoms with Crippen molar-refractivity contribution in [3.63, 3.8) is 0 Å². The quantitative estimate of drug-likeness (QED) is 0.611. The molecule has 4 rings (SSSR count). The molecule has 1 N–H and O–H groups in total. The Kier molecular flexibility index (Phi) is 6.17. The molecule has 3 aromatic rings. The smallest absolute Gasteiger partial charge is 0.266 e. The number of ether oxygens (including phenoxy) is 3. The molecule has 3 heterocycles. The Hall–Kier alpha value is -2.62. The number of methoxy groups -OCH3 is 2. The third-order valence-electron chi connectivity index (χ3n) is 5.12. The van der Waals surface area contributed by atoms with Crippen LogP contribution >= 0.6 is 22.9 Å². The molecule has 0 radical (unpaired) electrons. The van der Waals surface area contributed by atoms with Crippen molar-refractivity contribution in [1.82, 2.24) is 9.97 Å². The molecule has 1 aromatic carbocycles. The monoisotopic (exact) mass is 462 g/mol. The van der Waals surface area contributed by atoms with E-state index in [9.17, 15) is 4.79 Å². The summed E-state index contributed by atoms with van der Waals surface area (Å²) >= 11 is 7.59. The van der Waals surface area contributed by atoms with Gasteiger partial charge in [0.1, 0.15) is 28.0 Å². The molecule has 164 valence electrons. The largest absolute Gasteiger partial charge is 0.495 e. The molecular weight excluding hydrogens is 440 g/mol. The highest BCUT2D eigenvalue weighted by Gasteiger charge is 2.24. The summed E-state index contributed by atoms with van der Waals surface area (Å²) in [4.78, 5) is 26.0. The van der Waals surface area contributed by atoms with Crippen LogP contribution in [0.25, 0.3) is 10.2 Å². The first-order valence-electron chi connectivity index (χ1n) is 9.76. The maximum atomic E-state index is 13.2. The maximum absolute atomic E-state index is 13.2. The number of aromatic nitrogens is 2. The number of amides is 1. The van der Waals surface area contributed by atoms with Gasteiger partial charge in [-0.3, -0.25) is 4.79 Å². The Balaban J connectivity index is 1.73. The number of hydrogen-bond acceptors (Lipinski definition) is 8. The number of fused-ring (bicyclic) bond motifs is 1. The Labute approximate surface area is 189 Å². The van der Waals surface area contributed by atoms with Gasteiger partial charge in [-0.05, 0) is 25.5 Å². The lowest BCUT2D eigenvalue weighted by Crippen LogP contribution is -2.37. The van der Waals surface area contributed by atoms with Crippen molar-refractivity contribution < 1.29 is 19.0 Å². The fourth-order valence-electron chi connectivity index (χ4n) is 3.58. The number of anilines is 2. The van der Waals surface area contributed by atoms with Gasteiger partial charge in [0.25, 0.3) is 5.91 Å². The van der Waals surface area contributed by atoms with Gasteiger partial charge in [-0.15, -0.1) is 11.3 Å². The van der Waals surface area contributed by atoms with Gasteiger partial charge in [0, 0.05) is 19.2 Å². The van der Waals surface area contributed by atoms with Gasteiger partial charge in [-0.25, -0.2) is 9.97 Å². The molecule has 0 aliphatic carbocycles. The second-order valence-corrected chi connectivity index (χ2v) is 8.48. The van der Waals surface area contributed by atoms with E-state index in [-0.39, 0.29) is 5.91 Å². The normalized spacial score (nSPS) is 14.0. The number of aryl methyl sites for hydroxylation is 2. The average Bonchev–Trinajstić information content (AvgIpc) is 3.10. The summed E-state index contributed by atoms with van der Waals surface area (Å²) in [5, 5.41) is 4.19. The Bertz CT molecular complexity index is 1140. The molecule has 31 heavy (non-hydrogen) atoms. The lowest BCUT2D eigenvalue weighted by molar-refractivity contribution is 0.102. The zero-order chi connectivity index (χ0) is 22.1. The minimum atomic E-state index is -0.259. The van der Waals surface area contributed by atoms with Crippen LogP contribution in [0.1, 0.15) is 21.1 Å². The Morgan fingerprint density at radius 3 is 2.55 bits per heavy atom. The number of rotatable bonds is 5. The fourth-order valence-corrected chi connectivity index (χ4v) is 4.94. The highest BCUT2D eigenvalue weighted by molar-refractivity contribution is 7.20. The van der Waals surface area contributed by atoms with Crippen LogP contribution < -0.4 is 19.7 Å². The van der Waals surface area contributed by atoms with Crippen molar-refractivity contribution in [2.75, 3.05) is 50.7 Å². The lowest BCUT2D eigenvalue weighted by Gasteiger charge is -2.28. The van der Waals surface area contributed by atoms with E-state index in [2.05, 4.69) is 20.2 Å². The number of benzene rings is 1. The van der Waals surface area contributed by atoms with E-state index in [1.807, 2.05) is 13.8 Å². The molecule has 0 unspecified atom stereocenters. The molecule has 10 heteroatoms. The van der Waals surface area contributed by atoms with E-state index in [0.29, 0.717) is 46.1 Å². The second kappa shape index (κ2) is 8.86. The number of carbonyl (C=O) groups excluding carboxylic acids is 1. The van der Waals surface area contributed by atoms with Crippen molar-refractivity contribution in [2.24, 2.45) is 0 Å². The molecule has 1 aliphatic heterocycles. The molecule has 1 saturated heterocycles. The third-order valence-corrected chi connectivity index (χ3v) is 6.60. The van der Waals surface area contributed by atoms with Crippen LogP contribution in [0.2, 0.25) is 5.02 Å². The van der Waals surface area contributed by atoms with E-state index < -0.39 is 0 Å². The topological polar surface area (TPSA) is 85.8 Å². The van der Waals surface area contributed by atoms with Gasteiger partial charge in [0.15, 0.2) is 0 Å². The number of thiophene rings is 1. The van der Waals surface area contributed by atoms with Crippen LogP contribution in [-0.4, -0.2) is 56.4 Å². The molecule has 0 bridgehead atoms. The van der Waals surface area contributed by atoms with Crippen molar-refractivity contribution in [3.8, 4) is 11.5 Å².